The van der Waals surface area contributed by atoms with E-state index in [1.54, 1.807) is 0 Å². The van der Waals surface area contributed by atoms with Gasteiger partial charge in [-0.25, -0.2) is 0 Å². The summed E-state index contributed by atoms with van der Waals surface area (Å²) >= 11 is 0. The van der Waals surface area contributed by atoms with Crippen molar-refractivity contribution in [2.75, 3.05) is 0 Å². The van der Waals surface area contributed by atoms with Crippen molar-refractivity contribution < 1.29 is 4.57 Å². The molecular formula is C22H26NOP. The Balaban J connectivity index is 1.99. The fraction of sp³-hybridized carbons (Fsp3) is 0.273. The minimum absolute atomic E-state index is 0.0988. The first-order valence-corrected chi connectivity index (χ1v) is 10.5. The van der Waals surface area contributed by atoms with Gasteiger partial charge in [-0.2, -0.15) is 0 Å². The summed E-state index contributed by atoms with van der Waals surface area (Å²) in [5.74, 6) is 0.446. The van der Waals surface area contributed by atoms with Crippen LogP contribution in [0.5, 0.6) is 0 Å². The van der Waals surface area contributed by atoms with E-state index in [1.807, 2.05) is 60.7 Å². The highest BCUT2D eigenvalue weighted by molar-refractivity contribution is 7.76. The zero-order valence-electron chi connectivity index (χ0n) is 15.0. The molecule has 0 aromatic heterocycles. The standard InChI is InChI=1S/C22H26NOP/c1-17(2)19-15-14-18(3)22(16-19)23-25(24,20-10-6-4-7-11-20)21-12-8-5-9-13-21/h4-14,19,22H,1,15-16H2,2-3H3,(H,23,24)/t19-,22-/m1/s1. The Hall–Kier alpha value is -1.89. The van der Waals surface area contributed by atoms with E-state index in [0.29, 0.717) is 5.92 Å². The van der Waals surface area contributed by atoms with E-state index in [1.165, 1.54) is 11.1 Å². The van der Waals surface area contributed by atoms with Crippen molar-refractivity contribution in [2.24, 2.45) is 5.92 Å². The Morgan fingerprint density at radius 3 is 2.04 bits per heavy atom. The highest BCUT2D eigenvalue weighted by Crippen LogP contribution is 2.42. The normalized spacial score (nSPS) is 20.8. The van der Waals surface area contributed by atoms with Gasteiger partial charge in [0.1, 0.15) is 0 Å². The van der Waals surface area contributed by atoms with Crippen LogP contribution in [0.15, 0.2) is 84.5 Å². The lowest BCUT2D eigenvalue weighted by atomic mass is 9.83. The van der Waals surface area contributed by atoms with Gasteiger partial charge in [-0.05, 0) is 56.9 Å². The predicted octanol–water partition coefficient (Wildman–Crippen LogP) is 4.81. The van der Waals surface area contributed by atoms with Gasteiger partial charge < -0.3 is 0 Å². The molecule has 2 nitrogen and oxygen atoms in total. The molecule has 0 radical (unpaired) electrons. The first-order chi connectivity index (χ1) is 12.0. The molecule has 2 aromatic carbocycles. The van der Waals surface area contributed by atoms with Crippen LogP contribution in [-0.2, 0) is 4.57 Å². The summed E-state index contributed by atoms with van der Waals surface area (Å²) < 4.78 is 14.1. The molecule has 0 saturated heterocycles. The lowest BCUT2D eigenvalue weighted by Gasteiger charge is -2.33. The molecule has 2 atom stereocenters. The van der Waals surface area contributed by atoms with E-state index in [4.69, 9.17) is 0 Å². The molecule has 3 heteroatoms. The summed E-state index contributed by atoms with van der Waals surface area (Å²) in [6, 6.07) is 19.7. The molecule has 0 bridgehead atoms. The molecule has 130 valence electrons. The van der Waals surface area contributed by atoms with Crippen molar-refractivity contribution in [3.63, 3.8) is 0 Å². The average Bonchev–Trinajstić information content (AvgIpc) is 2.64. The van der Waals surface area contributed by atoms with E-state index in [9.17, 15) is 4.57 Å². The van der Waals surface area contributed by atoms with Crippen molar-refractivity contribution in [1.29, 1.82) is 0 Å². The fourth-order valence-electron chi connectivity index (χ4n) is 3.39. The quantitative estimate of drug-likeness (QED) is 0.619. The van der Waals surface area contributed by atoms with Crippen molar-refractivity contribution in [3.8, 4) is 0 Å². The highest BCUT2D eigenvalue weighted by atomic mass is 31.2. The molecule has 1 aliphatic carbocycles. The van der Waals surface area contributed by atoms with Crippen LogP contribution in [0.4, 0.5) is 0 Å². The minimum Gasteiger partial charge on any atom is -0.297 e. The van der Waals surface area contributed by atoms with Crippen molar-refractivity contribution >= 4 is 17.9 Å². The molecule has 0 aliphatic heterocycles. The maximum Gasteiger partial charge on any atom is 0.205 e. The monoisotopic (exact) mass is 351 g/mol. The van der Waals surface area contributed by atoms with Crippen molar-refractivity contribution in [3.05, 3.63) is 84.5 Å². The molecular weight excluding hydrogens is 325 g/mol. The number of nitrogens with one attached hydrogen (secondary N) is 1. The molecule has 0 saturated carbocycles. The second kappa shape index (κ2) is 7.56. The molecule has 1 N–H and O–H groups in total. The van der Waals surface area contributed by atoms with E-state index in [2.05, 4.69) is 31.6 Å². The summed E-state index contributed by atoms with van der Waals surface area (Å²) in [7, 11) is -2.91. The fourth-order valence-corrected chi connectivity index (χ4v) is 5.92. The van der Waals surface area contributed by atoms with Gasteiger partial charge in [-0.1, -0.05) is 60.2 Å². The van der Waals surface area contributed by atoms with E-state index < -0.39 is 7.29 Å². The third kappa shape index (κ3) is 3.86. The summed E-state index contributed by atoms with van der Waals surface area (Å²) in [4.78, 5) is 0. The maximum absolute atomic E-state index is 14.1. The number of rotatable bonds is 5. The summed E-state index contributed by atoms with van der Waals surface area (Å²) in [6.07, 6.45) is 4.24. The van der Waals surface area contributed by atoms with Gasteiger partial charge in [0.25, 0.3) is 0 Å². The molecule has 0 unspecified atom stereocenters. The van der Waals surface area contributed by atoms with Gasteiger partial charge in [0, 0.05) is 16.7 Å². The third-order valence-electron chi connectivity index (χ3n) is 5.07. The van der Waals surface area contributed by atoms with E-state index in [0.717, 1.165) is 23.5 Å². The maximum atomic E-state index is 14.1. The Morgan fingerprint density at radius 1 is 1.04 bits per heavy atom. The highest BCUT2D eigenvalue weighted by Gasteiger charge is 2.32. The van der Waals surface area contributed by atoms with E-state index >= 15 is 0 Å². The van der Waals surface area contributed by atoms with Gasteiger partial charge in [0.15, 0.2) is 0 Å². The van der Waals surface area contributed by atoms with Crippen molar-refractivity contribution in [1.82, 2.24) is 5.09 Å². The number of allylic oxidation sites excluding steroid dienone is 2. The van der Waals surface area contributed by atoms with Gasteiger partial charge in [0.05, 0.1) is 0 Å². The Bertz CT molecular complexity index is 767. The number of benzene rings is 2. The van der Waals surface area contributed by atoms with Gasteiger partial charge >= 0.3 is 0 Å². The second-order valence-corrected chi connectivity index (χ2v) is 9.43. The minimum atomic E-state index is -2.91. The zero-order valence-corrected chi connectivity index (χ0v) is 15.9. The Morgan fingerprint density at radius 2 is 1.56 bits per heavy atom. The van der Waals surface area contributed by atoms with Crippen LogP contribution in [0, 0.1) is 5.92 Å². The number of hydrogen-bond donors (Lipinski definition) is 1. The molecule has 0 amide bonds. The molecule has 0 spiro atoms. The van der Waals surface area contributed by atoms with Crippen LogP contribution in [0.2, 0.25) is 0 Å². The average molecular weight is 351 g/mol. The Labute approximate surface area is 151 Å². The predicted molar refractivity (Wildman–Crippen MR) is 108 cm³/mol. The molecule has 1 aliphatic rings. The molecule has 2 aromatic rings. The van der Waals surface area contributed by atoms with Crippen LogP contribution >= 0.6 is 7.29 Å². The Kier molecular flexibility index (Phi) is 5.42. The van der Waals surface area contributed by atoms with Crippen molar-refractivity contribution in [2.45, 2.75) is 32.7 Å². The van der Waals surface area contributed by atoms with Gasteiger partial charge in [0.2, 0.25) is 7.29 Å². The van der Waals surface area contributed by atoms with E-state index in [-0.39, 0.29) is 6.04 Å². The van der Waals surface area contributed by atoms with Gasteiger partial charge in [-0.3, -0.25) is 9.65 Å². The molecule has 0 heterocycles. The zero-order chi connectivity index (χ0) is 17.9. The summed E-state index contributed by atoms with van der Waals surface area (Å²) in [6.45, 7) is 8.34. The lowest BCUT2D eigenvalue weighted by molar-refractivity contribution is 0.467. The summed E-state index contributed by atoms with van der Waals surface area (Å²) in [5, 5.41) is 5.25. The first kappa shape index (κ1) is 17.9. The van der Waals surface area contributed by atoms with Crippen LogP contribution in [0.25, 0.3) is 0 Å². The SMILES string of the molecule is C=C(C)[C@@H]1CC=C(C)[C@H](NP(=O)(c2ccccc2)c2ccccc2)C1. The lowest BCUT2D eigenvalue weighted by Crippen LogP contribution is -2.38. The summed E-state index contributed by atoms with van der Waals surface area (Å²) in [5.41, 5.74) is 2.47. The molecule has 0 fully saturated rings. The second-order valence-electron chi connectivity index (χ2n) is 6.92. The largest absolute Gasteiger partial charge is 0.297 e. The van der Waals surface area contributed by atoms with Crippen LogP contribution < -0.4 is 15.7 Å². The molecule has 25 heavy (non-hydrogen) atoms. The third-order valence-corrected chi connectivity index (χ3v) is 7.79. The smallest absolute Gasteiger partial charge is 0.205 e. The van der Waals surface area contributed by atoms with Crippen LogP contribution in [0.3, 0.4) is 0 Å². The number of hydrogen-bond acceptors (Lipinski definition) is 1. The molecule has 3 rings (SSSR count). The van der Waals surface area contributed by atoms with Gasteiger partial charge in [-0.15, -0.1) is 0 Å². The van der Waals surface area contributed by atoms with Crippen LogP contribution in [-0.4, -0.2) is 6.04 Å². The topological polar surface area (TPSA) is 29.1 Å². The van der Waals surface area contributed by atoms with Crippen LogP contribution in [0.1, 0.15) is 26.7 Å². The first-order valence-electron chi connectivity index (χ1n) is 8.82.